The third kappa shape index (κ3) is 2.81. The van der Waals surface area contributed by atoms with E-state index in [0.29, 0.717) is 23.4 Å². The molecule has 2 aromatic heterocycles. The first-order valence-electron chi connectivity index (χ1n) is 10.4. The molecule has 2 amide bonds. The van der Waals surface area contributed by atoms with Crippen LogP contribution in [0.5, 0.6) is 0 Å². The quantitative estimate of drug-likeness (QED) is 0.453. The SMILES string of the molecule is O=C1NC(=O)C2=C1c1cn(nn1)CCCCc1cccc(c1)-n1cc2c2ccccc21. The van der Waals surface area contributed by atoms with Crippen molar-refractivity contribution in [1.82, 2.24) is 24.9 Å². The number of aryl methyl sites for hydroxylation is 2. The second-order valence-corrected chi connectivity index (χ2v) is 7.96. The fraction of sp³-hybridized carbons (Fsp3) is 0.167. The van der Waals surface area contributed by atoms with Crippen LogP contribution in [0.3, 0.4) is 0 Å². The second kappa shape index (κ2) is 6.77. The zero-order chi connectivity index (χ0) is 20.9. The lowest BCUT2D eigenvalue weighted by atomic mass is 9.99. The molecule has 2 aromatic carbocycles. The molecule has 0 radical (unpaired) electrons. The number of para-hydroxylation sites is 1. The molecule has 2 aliphatic rings. The lowest BCUT2D eigenvalue weighted by Gasteiger charge is -2.08. The van der Waals surface area contributed by atoms with Gasteiger partial charge in [-0.25, -0.2) is 0 Å². The zero-order valence-corrected chi connectivity index (χ0v) is 16.7. The van der Waals surface area contributed by atoms with E-state index in [1.54, 1.807) is 10.9 Å². The first-order valence-corrected chi connectivity index (χ1v) is 10.4. The molecule has 2 aliphatic heterocycles. The zero-order valence-electron chi connectivity index (χ0n) is 16.7. The lowest BCUT2D eigenvalue weighted by Crippen LogP contribution is -2.22. The van der Waals surface area contributed by atoms with Crippen molar-refractivity contribution in [2.24, 2.45) is 0 Å². The molecule has 6 bridgehead atoms. The minimum absolute atomic E-state index is 0.280. The first-order chi connectivity index (χ1) is 15.2. The summed E-state index contributed by atoms with van der Waals surface area (Å²) in [6.07, 6.45) is 6.63. The van der Waals surface area contributed by atoms with Gasteiger partial charge in [-0.1, -0.05) is 35.5 Å². The average molecular weight is 409 g/mol. The van der Waals surface area contributed by atoms with E-state index in [1.807, 2.05) is 30.5 Å². The molecule has 31 heavy (non-hydrogen) atoms. The van der Waals surface area contributed by atoms with E-state index in [0.717, 1.165) is 35.9 Å². The van der Waals surface area contributed by atoms with Crippen LogP contribution in [0.15, 0.2) is 60.9 Å². The van der Waals surface area contributed by atoms with Crippen LogP contribution in [0, 0.1) is 0 Å². The highest BCUT2D eigenvalue weighted by atomic mass is 16.2. The number of benzene rings is 2. The highest BCUT2D eigenvalue weighted by molar-refractivity contribution is 6.49. The second-order valence-electron chi connectivity index (χ2n) is 7.96. The molecule has 0 unspecified atom stereocenters. The number of aromatic nitrogens is 4. The van der Waals surface area contributed by atoms with E-state index in [-0.39, 0.29) is 5.57 Å². The maximum Gasteiger partial charge on any atom is 0.261 e. The third-order valence-corrected chi connectivity index (χ3v) is 6.00. The number of nitrogens with zero attached hydrogens (tertiary/aromatic N) is 4. The van der Waals surface area contributed by atoms with Crippen LogP contribution in [-0.2, 0) is 22.6 Å². The number of nitrogens with one attached hydrogen (secondary N) is 1. The minimum atomic E-state index is -0.435. The highest BCUT2D eigenvalue weighted by Gasteiger charge is 2.35. The van der Waals surface area contributed by atoms with Crippen molar-refractivity contribution in [3.8, 4) is 5.69 Å². The average Bonchev–Trinajstić information content (AvgIpc) is 3.46. The molecule has 4 heterocycles. The van der Waals surface area contributed by atoms with Crippen molar-refractivity contribution in [2.45, 2.75) is 25.8 Å². The van der Waals surface area contributed by atoms with Gasteiger partial charge in [0.25, 0.3) is 11.8 Å². The van der Waals surface area contributed by atoms with E-state index < -0.39 is 11.8 Å². The topological polar surface area (TPSA) is 81.8 Å². The van der Waals surface area contributed by atoms with Gasteiger partial charge in [-0.15, -0.1) is 5.10 Å². The van der Waals surface area contributed by atoms with Crippen molar-refractivity contribution in [1.29, 1.82) is 0 Å². The van der Waals surface area contributed by atoms with E-state index >= 15 is 0 Å². The normalized spacial score (nSPS) is 16.1. The largest absolute Gasteiger partial charge is 0.316 e. The van der Waals surface area contributed by atoms with Gasteiger partial charge in [-0.3, -0.25) is 19.6 Å². The Hall–Kier alpha value is -4.00. The van der Waals surface area contributed by atoms with E-state index in [4.69, 9.17) is 0 Å². The van der Waals surface area contributed by atoms with Gasteiger partial charge in [0, 0.05) is 29.4 Å². The van der Waals surface area contributed by atoms with Crippen LogP contribution >= 0.6 is 0 Å². The monoisotopic (exact) mass is 409 g/mol. The number of imide groups is 1. The maximum atomic E-state index is 12.9. The molecule has 0 spiro atoms. The molecule has 0 atom stereocenters. The van der Waals surface area contributed by atoms with Gasteiger partial charge >= 0.3 is 0 Å². The molecule has 152 valence electrons. The van der Waals surface area contributed by atoms with Crippen molar-refractivity contribution in [3.05, 3.63) is 77.7 Å². The van der Waals surface area contributed by atoms with Crippen LogP contribution < -0.4 is 5.32 Å². The fourth-order valence-electron chi connectivity index (χ4n) is 4.54. The molecular formula is C24H19N5O2. The predicted molar refractivity (Wildman–Crippen MR) is 116 cm³/mol. The molecule has 6 rings (SSSR count). The van der Waals surface area contributed by atoms with Gasteiger partial charge in [-0.2, -0.15) is 0 Å². The Morgan fingerprint density at radius 1 is 0.903 bits per heavy atom. The summed E-state index contributed by atoms with van der Waals surface area (Å²) in [6, 6.07) is 16.4. The summed E-state index contributed by atoms with van der Waals surface area (Å²) in [6.45, 7) is 0.711. The lowest BCUT2D eigenvalue weighted by molar-refractivity contribution is -0.122. The molecule has 0 fully saturated rings. The Kier molecular flexibility index (Phi) is 3.89. The number of carbonyl (C=O) groups is 2. The maximum absolute atomic E-state index is 12.9. The molecule has 4 aromatic rings. The number of carbonyl (C=O) groups excluding carboxylic acids is 2. The van der Waals surface area contributed by atoms with Crippen LogP contribution in [-0.4, -0.2) is 31.4 Å². The summed E-state index contributed by atoms with van der Waals surface area (Å²) >= 11 is 0. The van der Waals surface area contributed by atoms with Crippen molar-refractivity contribution in [2.75, 3.05) is 0 Å². The van der Waals surface area contributed by atoms with Crippen LogP contribution in [0.4, 0.5) is 0 Å². The molecule has 0 aliphatic carbocycles. The third-order valence-electron chi connectivity index (χ3n) is 6.00. The molecule has 0 saturated carbocycles. The Labute approximate surface area is 178 Å². The molecule has 7 nitrogen and oxygen atoms in total. The van der Waals surface area contributed by atoms with Crippen molar-refractivity contribution >= 4 is 33.9 Å². The first kappa shape index (κ1) is 17.8. The Morgan fingerprint density at radius 2 is 1.77 bits per heavy atom. The minimum Gasteiger partial charge on any atom is -0.316 e. The molecule has 7 heteroatoms. The Morgan fingerprint density at radius 3 is 2.71 bits per heavy atom. The van der Waals surface area contributed by atoms with Gasteiger partial charge in [-0.05, 0) is 43.0 Å². The van der Waals surface area contributed by atoms with Gasteiger partial charge in [0.05, 0.1) is 22.9 Å². The van der Waals surface area contributed by atoms with Crippen LogP contribution in [0.1, 0.15) is 29.7 Å². The number of rotatable bonds is 0. The van der Waals surface area contributed by atoms with Gasteiger partial charge in [0.15, 0.2) is 0 Å². The number of amides is 2. The summed E-state index contributed by atoms with van der Waals surface area (Å²) < 4.78 is 3.83. The predicted octanol–water partition coefficient (Wildman–Crippen LogP) is 3.13. The number of fused-ring (bicyclic) bond motifs is 12. The number of hydrogen-bond acceptors (Lipinski definition) is 4. The van der Waals surface area contributed by atoms with Crippen molar-refractivity contribution < 1.29 is 9.59 Å². The number of hydrogen-bond donors (Lipinski definition) is 1. The Balaban J connectivity index is 1.69. The highest BCUT2D eigenvalue weighted by Crippen LogP contribution is 2.36. The van der Waals surface area contributed by atoms with E-state index in [1.165, 1.54) is 5.56 Å². The summed E-state index contributed by atoms with van der Waals surface area (Å²) in [7, 11) is 0. The van der Waals surface area contributed by atoms with Gasteiger partial charge < -0.3 is 4.57 Å². The summed E-state index contributed by atoms with van der Waals surface area (Å²) in [5.41, 5.74) is 5.03. The summed E-state index contributed by atoms with van der Waals surface area (Å²) in [5, 5.41) is 11.8. The molecule has 0 saturated heterocycles. The smallest absolute Gasteiger partial charge is 0.261 e. The molecular weight excluding hydrogens is 390 g/mol. The molecule has 1 N–H and O–H groups in total. The summed E-state index contributed by atoms with van der Waals surface area (Å²) in [5.74, 6) is -0.842. The van der Waals surface area contributed by atoms with Gasteiger partial charge in [0.2, 0.25) is 0 Å². The van der Waals surface area contributed by atoms with Crippen LogP contribution in [0.2, 0.25) is 0 Å². The van der Waals surface area contributed by atoms with E-state index in [9.17, 15) is 9.59 Å². The van der Waals surface area contributed by atoms with Crippen LogP contribution in [0.25, 0.3) is 27.7 Å². The fourth-order valence-corrected chi connectivity index (χ4v) is 4.54. The van der Waals surface area contributed by atoms with E-state index in [2.05, 4.69) is 44.5 Å². The standard InChI is InChI=1S/C24H19N5O2/c30-23-21-18-13-29(20-10-2-1-9-17(18)20)16-8-5-7-15(12-16)6-3-4-11-28-14-19(26-27-28)22(21)24(31)25-23/h1-2,5,7-10,12-14H,3-4,6,11H2,(H,25,30,31). The Bertz CT molecular complexity index is 1410. The van der Waals surface area contributed by atoms with Gasteiger partial charge in [0.1, 0.15) is 5.69 Å². The summed E-state index contributed by atoms with van der Waals surface area (Å²) in [4.78, 5) is 25.6. The van der Waals surface area contributed by atoms with Crippen molar-refractivity contribution in [3.63, 3.8) is 0 Å².